The molecule has 19 heavy (non-hydrogen) atoms. The molecule has 1 N–H and O–H groups in total. The first kappa shape index (κ1) is 15.3. The lowest BCUT2D eigenvalue weighted by molar-refractivity contribution is 0.0163. The van der Waals surface area contributed by atoms with Crippen LogP contribution in [0.25, 0.3) is 0 Å². The van der Waals surface area contributed by atoms with E-state index in [1.54, 1.807) is 0 Å². The van der Waals surface area contributed by atoms with Gasteiger partial charge in [-0.1, -0.05) is 20.3 Å². The van der Waals surface area contributed by atoms with Crippen LogP contribution in [0.5, 0.6) is 0 Å². The molecular weight excluding hydrogens is 238 g/mol. The van der Waals surface area contributed by atoms with Crippen LogP contribution in [0, 0.1) is 5.41 Å². The first-order valence-corrected chi connectivity index (χ1v) is 8.08. The summed E-state index contributed by atoms with van der Waals surface area (Å²) in [5.41, 5.74) is 0.534. The quantitative estimate of drug-likeness (QED) is 0.720. The van der Waals surface area contributed by atoms with Gasteiger partial charge in [-0.25, -0.2) is 0 Å². The van der Waals surface area contributed by atoms with Crippen molar-refractivity contribution in [1.29, 1.82) is 0 Å². The molecule has 112 valence electrons. The van der Waals surface area contributed by atoms with Gasteiger partial charge in [0.2, 0.25) is 0 Å². The second-order valence-corrected chi connectivity index (χ2v) is 6.98. The van der Waals surface area contributed by atoms with Gasteiger partial charge >= 0.3 is 0 Å². The topological polar surface area (TPSA) is 30.5 Å². The molecule has 3 nitrogen and oxygen atoms in total. The Hall–Kier alpha value is -0.120. The largest absolute Gasteiger partial charge is 0.379 e. The van der Waals surface area contributed by atoms with Crippen molar-refractivity contribution >= 4 is 0 Å². The molecule has 0 amide bonds. The van der Waals surface area contributed by atoms with Crippen molar-refractivity contribution in [2.75, 3.05) is 26.4 Å². The molecule has 0 spiro atoms. The predicted molar refractivity (Wildman–Crippen MR) is 78.4 cm³/mol. The smallest absolute Gasteiger partial charge is 0.0809 e. The van der Waals surface area contributed by atoms with Gasteiger partial charge in [0.15, 0.2) is 0 Å². The molecule has 2 aliphatic rings. The van der Waals surface area contributed by atoms with Crippen molar-refractivity contribution in [3.8, 4) is 0 Å². The molecule has 1 heterocycles. The monoisotopic (exact) mass is 269 g/mol. The van der Waals surface area contributed by atoms with Crippen molar-refractivity contribution < 1.29 is 9.47 Å². The van der Waals surface area contributed by atoms with Gasteiger partial charge in [0.05, 0.1) is 12.7 Å². The summed E-state index contributed by atoms with van der Waals surface area (Å²) >= 11 is 0. The zero-order valence-corrected chi connectivity index (χ0v) is 12.7. The van der Waals surface area contributed by atoms with E-state index in [1.807, 2.05) is 0 Å². The summed E-state index contributed by atoms with van der Waals surface area (Å²) in [6.45, 7) is 8.45. The molecule has 0 bridgehead atoms. The average molecular weight is 269 g/mol. The maximum atomic E-state index is 5.68. The van der Waals surface area contributed by atoms with Gasteiger partial charge in [-0.15, -0.1) is 0 Å². The maximum Gasteiger partial charge on any atom is 0.0809 e. The second kappa shape index (κ2) is 7.61. The molecular formula is C16H31NO2. The van der Waals surface area contributed by atoms with E-state index in [2.05, 4.69) is 19.2 Å². The first-order valence-electron chi connectivity index (χ1n) is 8.08. The molecule has 1 aliphatic carbocycles. The van der Waals surface area contributed by atoms with Crippen LogP contribution in [0.15, 0.2) is 0 Å². The van der Waals surface area contributed by atoms with Gasteiger partial charge in [0.25, 0.3) is 0 Å². The van der Waals surface area contributed by atoms with Crippen molar-refractivity contribution in [3.63, 3.8) is 0 Å². The normalized spacial score (nSPS) is 30.6. The Bertz CT molecular complexity index is 249. The number of ether oxygens (including phenoxy) is 2. The van der Waals surface area contributed by atoms with Crippen molar-refractivity contribution in [1.82, 2.24) is 5.32 Å². The summed E-state index contributed by atoms with van der Waals surface area (Å²) in [6, 6.07) is 0.724. The van der Waals surface area contributed by atoms with Gasteiger partial charge in [-0.2, -0.15) is 0 Å². The summed E-state index contributed by atoms with van der Waals surface area (Å²) in [5, 5.41) is 3.69. The van der Waals surface area contributed by atoms with Crippen LogP contribution in [0.3, 0.4) is 0 Å². The van der Waals surface area contributed by atoms with Crippen LogP contribution >= 0.6 is 0 Å². The number of hydrogen-bond acceptors (Lipinski definition) is 3. The molecule has 2 unspecified atom stereocenters. The Kier molecular flexibility index (Phi) is 6.11. The number of nitrogens with one attached hydrogen (secondary N) is 1. The Balaban J connectivity index is 1.45. The lowest BCUT2D eigenvalue weighted by Crippen LogP contribution is -2.38. The summed E-state index contributed by atoms with van der Waals surface area (Å²) in [6.07, 6.45) is 9.29. The van der Waals surface area contributed by atoms with Crippen LogP contribution in [0.1, 0.15) is 58.8 Å². The average Bonchev–Trinajstić information content (AvgIpc) is 2.85. The molecule has 2 rings (SSSR count). The summed E-state index contributed by atoms with van der Waals surface area (Å²) in [7, 11) is 0. The fraction of sp³-hybridized carbons (Fsp3) is 1.00. The molecule has 2 fully saturated rings. The Morgan fingerprint density at radius 2 is 2.16 bits per heavy atom. The van der Waals surface area contributed by atoms with Crippen LogP contribution in [-0.2, 0) is 9.47 Å². The highest BCUT2D eigenvalue weighted by molar-refractivity contribution is 4.83. The molecule has 1 saturated carbocycles. The molecule has 2 atom stereocenters. The Morgan fingerprint density at radius 3 is 2.89 bits per heavy atom. The van der Waals surface area contributed by atoms with E-state index < -0.39 is 0 Å². The maximum absolute atomic E-state index is 5.68. The van der Waals surface area contributed by atoms with E-state index in [4.69, 9.17) is 9.47 Å². The zero-order chi connectivity index (χ0) is 13.6. The highest BCUT2D eigenvalue weighted by Gasteiger charge is 2.27. The Morgan fingerprint density at radius 1 is 1.26 bits per heavy atom. The minimum atomic E-state index is 0.368. The van der Waals surface area contributed by atoms with E-state index in [9.17, 15) is 0 Å². The van der Waals surface area contributed by atoms with E-state index in [-0.39, 0.29) is 0 Å². The van der Waals surface area contributed by atoms with Crippen LogP contribution in [0.2, 0.25) is 0 Å². The summed E-state index contributed by atoms with van der Waals surface area (Å²) in [5.74, 6) is 0. The standard InChI is InChI=1S/C16H31NO2/c1-16(2)8-3-6-14(12-16)17-9-5-10-18-13-15-7-4-11-19-15/h14-15,17H,3-13H2,1-2H3. The number of rotatable bonds is 7. The third-order valence-electron chi connectivity index (χ3n) is 4.43. The van der Waals surface area contributed by atoms with Crippen molar-refractivity contribution in [2.24, 2.45) is 5.41 Å². The van der Waals surface area contributed by atoms with Gasteiger partial charge in [0, 0.05) is 19.3 Å². The van der Waals surface area contributed by atoms with Crippen LogP contribution in [-0.4, -0.2) is 38.5 Å². The van der Waals surface area contributed by atoms with Crippen LogP contribution in [0.4, 0.5) is 0 Å². The predicted octanol–water partition coefficient (Wildman–Crippen LogP) is 3.13. The minimum absolute atomic E-state index is 0.368. The fourth-order valence-electron chi connectivity index (χ4n) is 3.34. The molecule has 0 aromatic heterocycles. The van der Waals surface area contributed by atoms with Gasteiger partial charge in [-0.05, 0) is 50.5 Å². The van der Waals surface area contributed by atoms with E-state index >= 15 is 0 Å². The SMILES string of the molecule is CC1(C)CCCC(NCCCOCC2CCCO2)C1. The molecule has 0 aromatic rings. The summed E-state index contributed by atoms with van der Waals surface area (Å²) < 4.78 is 11.2. The summed E-state index contributed by atoms with van der Waals surface area (Å²) in [4.78, 5) is 0. The fourth-order valence-corrected chi connectivity index (χ4v) is 3.34. The minimum Gasteiger partial charge on any atom is -0.379 e. The molecule has 1 saturated heterocycles. The van der Waals surface area contributed by atoms with Gasteiger partial charge in [0.1, 0.15) is 0 Å². The van der Waals surface area contributed by atoms with Crippen molar-refractivity contribution in [3.05, 3.63) is 0 Å². The molecule has 0 radical (unpaired) electrons. The number of hydrogen-bond donors (Lipinski definition) is 1. The van der Waals surface area contributed by atoms with E-state index in [0.717, 1.165) is 38.8 Å². The molecule has 1 aliphatic heterocycles. The van der Waals surface area contributed by atoms with Crippen LogP contribution < -0.4 is 5.32 Å². The zero-order valence-electron chi connectivity index (χ0n) is 12.7. The lowest BCUT2D eigenvalue weighted by Gasteiger charge is -2.35. The first-order chi connectivity index (χ1) is 9.16. The molecule has 3 heteroatoms. The third kappa shape index (κ3) is 5.80. The molecule has 0 aromatic carbocycles. The van der Waals surface area contributed by atoms with E-state index in [0.29, 0.717) is 11.5 Å². The highest BCUT2D eigenvalue weighted by atomic mass is 16.5. The van der Waals surface area contributed by atoms with Crippen molar-refractivity contribution in [2.45, 2.75) is 70.9 Å². The van der Waals surface area contributed by atoms with E-state index in [1.165, 1.54) is 38.5 Å². The Labute approximate surface area is 118 Å². The lowest BCUT2D eigenvalue weighted by atomic mass is 9.75. The van der Waals surface area contributed by atoms with Gasteiger partial charge in [-0.3, -0.25) is 0 Å². The highest BCUT2D eigenvalue weighted by Crippen LogP contribution is 2.34. The third-order valence-corrected chi connectivity index (χ3v) is 4.43. The second-order valence-electron chi connectivity index (χ2n) is 6.98. The van der Waals surface area contributed by atoms with Gasteiger partial charge < -0.3 is 14.8 Å².